The Morgan fingerprint density at radius 2 is 2.00 bits per heavy atom. The first-order valence-corrected chi connectivity index (χ1v) is 9.02. The monoisotopic (exact) mass is 346 g/mol. The Hall–Kier alpha value is -0.580. The molecule has 0 bridgehead atoms. The second-order valence-corrected chi connectivity index (χ2v) is 7.53. The van der Waals surface area contributed by atoms with E-state index in [-0.39, 0.29) is 5.91 Å². The van der Waals surface area contributed by atoms with Crippen molar-refractivity contribution in [3.8, 4) is 0 Å². The lowest BCUT2D eigenvalue weighted by Gasteiger charge is -2.20. The molecule has 116 valence electrons. The molecule has 1 fully saturated rings. The molecule has 6 heteroatoms. The fraction of sp³-hybridized carbons (Fsp3) is 0.533. The third-order valence-electron chi connectivity index (χ3n) is 3.58. The van der Waals surface area contributed by atoms with Crippen LogP contribution in [0.15, 0.2) is 12.1 Å². The van der Waals surface area contributed by atoms with E-state index >= 15 is 0 Å². The Bertz CT molecular complexity index is 481. The van der Waals surface area contributed by atoms with E-state index < -0.39 is 0 Å². The van der Waals surface area contributed by atoms with Crippen LogP contribution in [0.5, 0.6) is 0 Å². The molecule has 0 unspecified atom stereocenters. The number of carbonyl (C=O) groups is 1. The molecule has 1 saturated carbocycles. The second-order valence-electron chi connectivity index (χ2n) is 5.28. The minimum atomic E-state index is -0.0609. The molecule has 0 saturated heterocycles. The van der Waals surface area contributed by atoms with Crippen molar-refractivity contribution in [1.82, 2.24) is 0 Å². The lowest BCUT2D eigenvalue weighted by molar-refractivity contribution is -0.115. The zero-order valence-corrected chi connectivity index (χ0v) is 14.2. The van der Waals surface area contributed by atoms with E-state index in [1.165, 1.54) is 32.1 Å². The fourth-order valence-corrected chi connectivity index (χ4v) is 4.34. The van der Waals surface area contributed by atoms with Gasteiger partial charge in [0, 0.05) is 22.4 Å². The number of hydrogen-bond acceptors (Lipinski definition) is 3. The summed E-state index contributed by atoms with van der Waals surface area (Å²) in [6.07, 6.45) is 7.03. The summed E-state index contributed by atoms with van der Waals surface area (Å²) in [4.78, 5) is 12.0. The summed E-state index contributed by atoms with van der Waals surface area (Å²) in [5, 5.41) is 4.32. The average molecular weight is 347 g/mol. The van der Waals surface area contributed by atoms with Crippen LogP contribution in [0.2, 0.25) is 10.0 Å². The number of hydrogen-bond donors (Lipinski definition) is 2. The third-order valence-corrected chi connectivity index (χ3v) is 5.48. The number of thioether (sulfide) groups is 1. The molecular weight excluding hydrogens is 327 g/mol. The number of carbonyl (C=O) groups excluding carboxylic acids is 1. The van der Waals surface area contributed by atoms with E-state index in [0.717, 1.165) is 11.0 Å². The van der Waals surface area contributed by atoms with Crippen LogP contribution in [0.1, 0.15) is 38.5 Å². The molecule has 1 aliphatic rings. The van der Waals surface area contributed by atoms with Crippen LogP contribution < -0.4 is 11.1 Å². The SMILES string of the molecule is Nc1cc(Cl)cc(Cl)c1NC(=O)CCSC1CCCCC1. The molecule has 1 amide bonds. The molecule has 2 rings (SSSR count). The maximum atomic E-state index is 12.0. The zero-order chi connectivity index (χ0) is 15.2. The Kier molecular flexibility index (Phi) is 6.52. The predicted molar refractivity (Wildman–Crippen MR) is 93.5 cm³/mol. The lowest BCUT2D eigenvalue weighted by atomic mass is 10.0. The van der Waals surface area contributed by atoms with Crippen molar-refractivity contribution in [3.63, 3.8) is 0 Å². The first kappa shape index (κ1) is 16.8. The topological polar surface area (TPSA) is 55.1 Å². The minimum Gasteiger partial charge on any atom is -0.397 e. The highest BCUT2D eigenvalue weighted by Crippen LogP contribution is 2.32. The summed E-state index contributed by atoms with van der Waals surface area (Å²) in [5.41, 5.74) is 6.67. The quantitative estimate of drug-likeness (QED) is 0.740. The molecule has 0 aromatic heterocycles. The van der Waals surface area contributed by atoms with Gasteiger partial charge in [-0.1, -0.05) is 42.5 Å². The molecule has 21 heavy (non-hydrogen) atoms. The standard InChI is InChI=1S/C15H20Cl2N2OS/c16-10-8-12(17)15(13(18)9-10)19-14(20)6-7-21-11-4-2-1-3-5-11/h8-9,11H,1-7,18H2,(H,19,20). The van der Waals surface area contributed by atoms with Crippen molar-refractivity contribution < 1.29 is 4.79 Å². The minimum absolute atomic E-state index is 0.0609. The van der Waals surface area contributed by atoms with Gasteiger partial charge in [0.1, 0.15) is 0 Å². The number of amides is 1. The number of nitrogens with one attached hydrogen (secondary N) is 1. The molecule has 0 heterocycles. The Balaban J connectivity index is 1.79. The van der Waals surface area contributed by atoms with E-state index in [9.17, 15) is 4.79 Å². The van der Waals surface area contributed by atoms with Crippen LogP contribution in [-0.4, -0.2) is 16.9 Å². The molecule has 0 spiro atoms. The van der Waals surface area contributed by atoms with Crippen molar-refractivity contribution in [3.05, 3.63) is 22.2 Å². The summed E-state index contributed by atoms with van der Waals surface area (Å²) >= 11 is 13.8. The molecule has 1 aromatic rings. The van der Waals surface area contributed by atoms with Gasteiger partial charge in [0.25, 0.3) is 0 Å². The summed E-state index contributed by atoms with van der Waals surface area (Å²) in [6, 6.07) is 3.16. The maximum absolute atomic E-state index is 12.0. The van der Waals surface area contributed by atoms with Crippen LogP contribution >= 0.6 is 35.0 Å². The number of halogens is 2. The first-order valence-electron chi connectivity index (χ1n) is 7.22. The maximum Gasteiger partial charge on any atom is 0.225 e. The molecular formula is C15H20Cl2N2OS. The fourth-order valence-electron chi connectivity index (χ4n) is 2.48. The van der Waals surface area contributed by atoms with Crippen LogP contribution in [0.3, 0.4) is 0 Å². The number of benzene rings is 1. The summed E-state index contributed by atoms with van der Waals surface area (Å²) < 4.78 is 0. The van der Waals surface area contributed by atoms with E-state index in [2.05, 4.69) is 5.32 Å². The highest BCUT2D eigenvalue weighted by molar-refractivity contribution is 7.99. The van der Waals surface area contributed by atoms with E-state index in [1.807, 2.05) is 11.8 Å². The van der Waals surface area contributed by atoms with Gasteiger partial charge in [-0.05, 0) is 25.0 Å². The Labute approximate surface area is 139 Å². The number of nitrogen functional groups attached to an aromatic ring is 1. The summed E-state index contributed by atoms with van der Waals surface area (Å²) in [7, 11) is 0. The van der Waals surface area contributed by atoms with Crippen molar-refractivity contribution >= 4 is 52.2 Å². The van der Waals surface area contributed by atoms with Gasteiger partial charge in [-0.25, -0.2) is 0 Å². The van der Waals surface area contributed by atoms with Crippen molar-refractivity contribution in [1.29, 1.82) is 0 Å². The zero-order valence-electron chi connectivity index (χ0n) is 11.8. The van der Waals surface area contributed by atoms with E-state index in [1.54, 1.807) is 12.1 Å². The van der Waals surface area contributed by atoms with Gasteiger partial charge in [0.05, 0.1) is 16.4 Å². The van der Waals surface area contributed by atoms with Gasteiger partial charge in [0.15, 0.2) is 0 Å². The largest absolute Gasteiger partial charge is 0.397 e. The Morgan fingerprint density at radius 3 is 2.67 bits per heavy atom. The molecule has 1 aliphatic carbocycles. The Morgan fingerprint density at radius 1 is 1.29 bits per heavy atom. The van der Waals surface area contributed by atoms with Crippen molar-refractivity contribution in [2.75, 3.05) is 16.8 Å². The number of nitrogens with two attached hydrogens (primary N) is 1. The number of anilines is 2. The average Bonchev–Trinajstić information content (AvgIpc) is 2.44. The normalized spacial score (nSPS) is 15.9. The molecule has 0 aliphatic heterocycles. The lowest BCUT2D eigenvalue weighted by Crippen LogP contribution is -2.15. The third kappa shape index (κ3) is 5.28. The van der Waals surface area contributed by atoms with E-state index in [0.29, 0.717) is 27.8 Å². The second kappa shape index (κ2) is 8.16. The van der Waals surface area contributed by atoms with Gasteiger partial charge in [-0.2, -0.15) is 11.8 Å². The van der Waals surface area contributed by atoms with Gasteiger partial charge in [0.2, 0.25) is 5.91 Å². The highest BCUT2D eigenvalue weighted by atomic mass is 35.5. The van der Waals surface area contributed by atoms with E-state index in [4.69, 9.17) is 28.9 Å². The van der Waals surface area contributed by atoms with Crippen molar-refractivity contribution in [2.45, 2.75) is 43.8 Å². The van der Waals surface area contributed by atoms with Crippen LogP contribution in [-0.2, 0) is 4.79 Å². The highest BCUT2D eigenvalue weighted by Gasteiger charge is 2.15. The first-order chi connectivity index (χ1) is 10.1. The van der Waals surface area contributed by atoms with Crippen LogP contribution in [0.4, 0.5) is 11.4 Å². The molecule has 3 nitrogen and oxygen atoms in total. The predicted octanol–water partition coefficient (Wildman–Crippen LogP) is 4.97. The summed E-state index contributed by atoms with van der Waals surface area (Å²) in [6.45, 7) is 0. The smallest absolute Gasteiger partial charge is 0.225 e. The van der Waals surface area contributed by atoms with Gasteiger partial charge in [-0.15, -0.1) is 0 Å². The van der Waals surface area contributed by atoms with Crippen LogP contribution in [0.25, 0.3) is 0 Å². The van der Waals surface area contributed by atoms with Gasteiger partial charge in [-0.3, -0.25) is 4.79 Å². The summed E-state index contributed by atoms with van der Waals surface area (Å²) in [5.74, 6) is 0.774. The van der Waals surface area contributed by atoms with Crippen LogP contribution in [0, 0.1) is 0 Å². The van der Waals surface area contributed by atoms with Gasteiger partial charge >= 0.3 is 0 Å². The molecule has 0 radical (unpaired) electrons. The molecule has 3 N–H and O–H groups in total. The number of rotatable bonds is 5. The molecule has 0 atom stereocenters. The molecule has 1 aromatic carbocycles. The van der Waals surface area contributed by atoms with Gasteiger partial charge < -0.3 is 11.1 Å². The van der Waals surface area contributed by atoms with Crippen molar-refractivity contribution in [2.24, 2.45) is 0 Å².